The molecule has 8 amide bonds. The van der Waals surface area contributed by atoms with E-state index in [1.807, 2.05) is 42.5 Å². The van der Waals surface area contributed by atoms with Crippen LogP contribution in [0.25, 0.3) is 10.8 Å². The molecule has 1 aromatic heterocycles. The Kier molecular flexibility index (Phi) is 20.8. The van der Waals surface area contributed by atoms with Crippen molar-refractivity contribution in [1.29, 1.82) is 0 Å². The molecule has 1 aliphatic rings. The van der Waals surface area contributed by atoms with Crippen LogP contribution < -0.4 is 49.1 Å². The van der Waals surface area contributed by atoms with Crippen molar-refractivity contribution in [1.82, 2.24) is 41.8 Å². The number of hydrogen-bond acceptors (Lipinski definition) is 11. The van der Waals surface area contributed by atoms with Gasteiger partial charge in [0.25, 0.3) is 0 Å². The van der Waals surface area contributed by atoms with Crippen LogP contribution in [0.2, 0.25) is 5.02 Å². The van der Waals surface area contributed by atoms with Gasteiger partial charge in [0.2, 0.25) is 47.3 Å². The van der Waals surface area contributed by atoms with Gasteiger partial charge in [0, 0.05) is 62.6 Å². The van der Waals surface area contributed by atoms with E-state index in [0.717, 1.165) is 16.3 Å². The van der Waals surface area contributed by atoms with Gasteiger partial charge in [0.05, 0.1) is 0 Å². The molecular formula is C55H65ClN12O9. The van der Waals surface area contributed by atoms with E-state index in [-0.39, 0.29) is 69.7 Å². The number of primary amides is 1. The van der Waals surface area contributed by atoms with Gasteiger partial charge >= 0.3 is 0 Å². The number of carbonyl (C=O) groups is 8. The number of aliphatic imine (C=N–C) groups is 1. The zero-order chi connectivity index (χ0) is 55.6. The minimum atomic E-state index is -1.44. The van der Waals surface area contributed by atoms with Crippen LogP contribution in [0.1, 0.15) is 61.9 Å². The molecule has 7 atom stereocenters. The second-order valence-electron chi connectivity index (χ2n) is 18.9. The SMILES string of the molecule is CC(=O)N[C@@H](Cc1ccc2ccccc2c1)C(=O)N[C@H](Cc1ccc(Cl)cc1)C(=O)N[C@H](Cc1ccccn1)C(=O)N[C@@H](Cc1ccc(O)cc1)C(=O)N[C@H](CCCN=C(N)N)C(=O)N1CCC[C@@H]1C(=O)N[C@@H](C)C(N)=O. The highest BCUT2D eigenvalue weighted by Gasteiger charge is 2.39. The van der Waals surface area contributed by atoms with E-state index in [1.165, 1.54) is 37.1 Å². The Morgan fingerprint density at radius 1 is 0.662 bits per heavy atom. The van der Waals surface area contributed by atoms with Crippen molar-refractivity contribution in [2.24, 2.45) is 22.2 Å². The highest BCUT2D eigenvalue weighted by molar-refractivity contribution is 6.30. The maximum atomic E-state index is 14.9. The minimum absolute atomic E-state index is 0.00606. The van der Waals surface area contributed by atoms with Crippen molar-refractivity contribution in [2.45, 2.75) is 108 Å². The molecule has 0 spiro atoms. The molecule has 1 saturated heterocycles. The van der Waals surface area contributed by atoms with Gasteiger partial charge < -0.3 is 59.1 Å². The first-order valence-electron chi connectivity index (χ1n) is 25.2. The number of likely N-dealkylation sites (tertiary alicyclic amines) is 1. The minimum Gasteiger partial charge on any atom is -0.508 e. The molecule has 1 aliphatic heterocycles. The summed E-state index contributed by atoms with van der Waals surface area (Å²) in [6.07, 6.45) is 2.05. The molecule has 0 unspecified atom stereocenters. The summed E-state index contributed by atoms with van der Waals surface area (Å²) in [5.41, 5.74) is 18.7. The van der Waals surface area contributed by atoms with Gasteiger partial charge in [-0.3, -0.25) is 48.3 Å². The molecule has 1 fully saturated rings. The molecule has 0 saturated carbocycles. The molecule has 0 aliphatic carbocycles. The van der Waals surface area contributed by atoms with E-state index in [0.29, 0.717) is 28.3 Å². The van der Waals surface area contributed by atoms with Crippen molar-refractivity contribution in [3.8, 4) is 5.75 Å². The lowest BCUT2D eigenvalue weighted by Crippen LogP contribution is -2.61. The second kappa shape index (κ2) is 27.8. The smallest absolute Gasteiger partial charge is 0.245 e. The summed E-state index contributed by atoms with van der Waals surface area (Å²) in [4.78, 5) is 121. The summed E-state index contributed by atoms with van der Waals surface area (Å²) in [5, 5.41) is 28.9. The van der Waals surface area contributed by atoms with Crippen molar-refractivity contribution in [2.75, 3.05) is 13.1 Å². The summed E-state index contributed by atoms with van der Waals surface area (Å²) >= 11 is 6.21. The first-order chi connectivity index (χ1) is 36.8. The Morgan fingerprint density at radius 3 is 1.77 bits per heavy atom. The number of carbonyl (C=O) groups excluding carboxylic acids is 8. The largest absolute Gasteiger partial charge is 0.508 e. The zero-order valence-electron chi connectivity index (χ0n) is 42.7. The maximum Gasteiger partial charge on any atom is 0.245 e. The highest BCUT2D eigenvalue weighted by atomic mass is 35.5. The number of nitrogens with one attached hydrogen (secondary N) is 6. The van der Waals surface area contributed by atoms with Gasteiger partial charge in [0.1, 0.15) is 48.0 Å². The fourth-order valence-electron chi connectivity index (χ4n) is 8.87. The first kappa shape index (κ1) is 57.7. The van der Waals surface area contributed by atoms with Crippen molar-refractivity contribution in [3.63, 3.8) is 0 Å². The summed E-state index contributed by atoms with van der Waals surface area (Å²) < 4.78 is 0. The number of rotatable bonds is 25. The third-order valence-electron chi connectivity index (χ3n) is 12.9. The summed E-state index contributed by atoms with van der Waals surface area (Å²) in [7, 11) is 0. The Labute approximate surface area is 450 Å². The Bertz CT molecular complexity index is 2920. The van der Waals surface area contributed by atoms with Crippen LogP contribution >= 0.6 is 11.6 Å². The summed E-state index contributed by atoms with van der Waals surface area (Å²) in [6, 6.07) is 22.3. The van der Waals surface area contributed by atoms with Crippen molar-refractivity contribution in [3.05, 3.63) is 143 Å². The van der Waals surface area contributed by atoms with Crippen molar-refractivity contribution < 1.29 is 43.5 Å². The van der Waals surface area contributed by atoms with Gasteiger partial charge in [-0.2, -0.15) is 0 Å². The summed E-state index contributed by atoms with van der Waals surface area (Å²) in [6.45, 7) is 2.94. The number of benzene rings is 4. The number of fused-ring (bicyclic) bond motifs is 1. The highest BCUT2D eigenvalue weighted by Crippen LogP contribution is 2.22. The van der Waals surface area contributed by atoms with Crippen LogP contribution in [0.4, 0.5) is 0 Å². The quantitative estimate of drug-likeness (QED) is 0.0225. The Hall–Kier alpha value is -8.59. The lowest BCUT2D eigenvalue weighted by Gasteiger charge is -2.30. The molecule has 22 heteroatoms. The molecule has 0 bridgehead atoms. The van der Waals surface area contributed by atoms with Crippen LogP contribution in [0.5, 0.6) is 5.75 Å². The number of nitrogens with two attached hydrogens (primary N) is 3. The van der Waals surface area contributed by atoms with Crippen LogP contribution in [-0.2, 0) is 64.0 Å². The Balaban J connectivity index is 1.29. The number of hydrogen-bond donors (Lipinski definition) is 10. The fourth-order valence-corrected chi connectivity index (χ4v) is 9.00. The van der Waals surface area contributed by atoms with E-state index in [9.17, 15) is 43.5 Å². The number of halogens is 1. The molecule has 0 radical (unpaired) electrons. The molecule has 6 rings (SSSR count). The Morgan fingerprint density at radius 2 is 1.19 bits per heavy atom. The topological polar surface area (TPSA) is 336 Å². The molecule has 21 nitrogen and oxygen atoms in total. The number of guanidine groups is 1. The van der Waals surface area contributed by atoms with E-state index in [2.05, 4.69) is 41.9 Å². The van der Waals surface area contributed by atoms with Gasteiger partial charge in [-0.15, -0.1) is 0 Å². The van der Waals surface area contributed by atoms with E-state index in [4.69, 9.17) is 28.8 Å². The monoisotopic (exact) mass is 1070 g/mol. The number of amides is 8. The predicted molar refractivity (Wildman–Crippen MR) is 289 cm³/mol. The number of nitrogens with zero attached hydrogens (tertiary/aromatic N) is 3. The fraction of sp³-hybridized carbons (Fsp3) is 0.345. The predicted octanol–water partition coefficient (Wildman–Crippen LogP) is 1.34. The second-order valence-corrected chi connectivity index (χ2v) is 19.3. The van der Waals surface area contributed by atoms with E-state index in [1.54, 1.807) is 54.6 Å². The summed E-state index contributed by atoms with van der Waals surface area (Å²) in [5.74, 6) is -5.86. The molecule has 2 heterocycles. The van der Waals surface area contributed by atoms with Gasteiger partial charge in [-0.1, -0.05) is 84.4 Å². The number of phenolic OH excluding ortho intramolecular Hbond substituents is 1. The van der Waals surface area contributed by atoms with Crippen LogP contribution in [0, 0.1) is 0 Å². The number of aromatic hydroxyl groups is 1. The van der Waals surface area contributed by atoms with Gasteiger partial charge in [0.15, 0.2) is 5.96 Å². The van der Waals surface area contributed by atoms with Gasteiger partial charge in [-0.25, -0.2) is 0 Å². The molecule has 77 heavy (non-hydrogen) atoms. The number of pyridine rings is 1. The average Bonchev–Trinajstić information content (AvgIpc) is 3.90. The lowest BCUT2D eigenvalue weighted by molar-refractivity contribution is -0.142. The zero-order valence-corrected chi connectivity index (χ0v) is 43.5. The molecular weight excluding hydrogens is 1010 g/mol. The lowest BCUT2D eigenvalue weighted by atomic mass is 9.99. The molecule has 406 valence electrons. The maximum absolute atomic E-state index is 14.9. The van der Waals surface area contributed by atoms with Crippen LogP contribution in [0.15, 0.2) is 120 Å². The number of phenols is 1. The van der Waals surface area contributed by atoms with E-state index >= 15 is 0 Å². The van der Waals surface area contributed by atoms with Crippen molar-refractivity contribution >= 4 is 75.6 Å². The first-order valence-corrected chi connectivity index (χ1v) is 25.5. The molecule has 5 aromatic rings. The van der Waals surface area contributed by atoms with Crippen LogP contribution in [0.3, 0.4) is 0 Å². The van der Waals surface area contributed by atoms with Gasteiger partial charge in [-0.05, 0) is 96.5 Å². The molecule has 13 N–H and O–H groups in total. The normalized spacial score (nSPS) is 15.3. The van der Waals surface area contributed by atoms with E-state index < -0.39 is 89.6 Å². The third-order valence-corrected chi connectivity index (χ3v) is 13.2. The number of aromatic nitrogens is 1. The average molecular weight is 1070 g/mol. The molecule has 4 aromatic carbocycles. The van der Waals surface area contributed by atoms with Crippen LogP contribution in [-0.4, -0.2) is 124 Å². The third kappa shape index (κ3) is 17.5. The standard InChI is InChI=1S/C55H65ClN12O9/c1-32(48(57)71)62-53(76)47-13-8-26-68(47)54(77)42(12-7-25-61-55(58)59)64-50(73)44(29-35-17-22-41(70)23-18-35)66-52(75)46(31-40-11-5-6-24-60-40)67-51(74)45(28-34-15-20-39(56)21-16-34)65-49(72)43(63-33(2)69)30-36-14-19-37-9-3-4-10-38(37)27-36/h3-6,9-11,14-24,27,32,42-47,70H,7-8,12-13,25-26,28-31H2,1-2H3,(H2,57,71)(H,62,76)(H,63,69)(H,64,73)(H,65,72)(H,66,75)(H,67,74)(H4,58,59,61)/t32-,42+,43-,44-,45+,46+,47+/m0/s1.